The van der Waals surface area contributed by atoms with Crippen LogP contribution in [0.2, 0.25) is 0 Å². The molecule has 96 valence electrons. The molecule has 0 aromatic carbocycles. The molecular formula is C11H14N4O3. The molecule has 0 radical (unpaired) electrons. The van der Waals surface area contributed by atoms with Crippen LogP contribution >= 0.6 is 0 Å². The zero-order valence-electron chi connectivity index (χ0n) is 10.2. The lowest BCUT2D eigenvalue weighted by Crippen LogP contribution is -2.14. The summed E-state index contributed by atoms with van der Waals surface area (Å²) in [5, 5.41) is 20.2. The largest absolute Gasteiger partial charge is 0.481 e. The number of hydrogen-bond donors (Lipinski definition) is 1. The van der Waals surface area contributed by atoms with Crippen LogP contribution in [0.25, 0.3) is 11.6 Å². The quantitative estimate of drug-likeness (QED) is 0.860. The maximum absolute atomic E-state index is 10.7. The van der Waals surface area contributed by atoms with Gasteiger partial charge in [0.15, 0.2) is 5.76 Å². The molecule has 2 aromatic heterocycles. The van der Waals surface area contributed by atoms with Gasteiger partial charge >= 0.3 is 5.97 Å². The van der Waals surface area contributed by atoms with Crippen molar-refractivity contribution in [3.05, 3.63) is 17.9 Å². The molecule has 2 aromatic rings. The third-order valence-corrected chi connectivity index (χ3v) is 2.79. The van der Waals surface area contributed by atoms with E-state index < -0.39 is 11.9 Å². The van der Waals surface area contributed by atoms with Crippen molar-refractivity contribution in [2.75, 3.05) is 0 Å². The molecule has 1 N–H and O–H groups in total. The second-order valence-electron chi connectivity index (χ2n) is 4.19. The number of nitrogens with zero attached hydrogens (tertiary/aromatic N) is 4. The van der Waals surface area contributed by atoms with E-state index in [1.807, 2.05) is 13.0 Å². The Morgan fingerprint density at radius 1 is 1.61 bits per heavy atom. The standard InChI is InChI=1S/C11H14N4O3/c1-7-4-6-18-9(7)10-12-13-14-15(10)5-3-8(2)11(16)17/h4,6,8H,3,5H2,1-2H3,(H,16,17). The van der Waals surface area contributed by atoms with E-state index in [-0.39, 0.29) is 0 Å². The smallest absolute Gasteiger partial charge is 0.306 e. The van der Waals surface area contributed by atoms with Gasteiger partial charge in [0.2, 0.25) is 5.82 Å². The van der Waals surface area contributed by atoms with Crippen LogP contribution in [0.5, 0.6) is 0 Å². The number of tetrazole rings is 1. The van der Waals surface area contributed by atoms with Crippen molar-refractivity contribution >= 4 is 5.97 Å². The van der Waals surface area contributed by atoms with Gasteiger partial charge in [0, 0.05) is 6.54 Å². The van der Waals surface area contributed by atoms with Gasteiger partial charge < -0.3 is 9.52 Å². The van der Waals surface area contributed by atoms with Crippen LogP contribution in [0.15, 0.2) is 16.7 Å². The van der Waals surface area contributed by atoms with E-state index in [2.05, 4.69) is 15.5 Å². The molecule has 0 aliphatic rings. The Kier molecular flexibility index (Phi) is 3.40. The normalized spacial score (nSPS) is 12.6. The van der Waals surface area contributed by atoms with Crippen LogP contribution < -0.4 is 0 Å². The van der Waals surface area contributed by atoms with Crippen molar-refractivity contribution < 1.29 is 14.3 Å². The average Bonchev–Trinajstić information content (AvgIpc) is 2.93. The fourth-order valence-corrected chi connectivity index (χ4v) is 1.56. The number of carboxylic acid groups (broad SMARTS) is 1. The first-order chi connectivity index (χ1) is 8.59. The number of carboxylic acids is 1. The summed E-state index contributed by atoms with van der Waals surface area (Å²) in [6.07, 6.45) is 2.04. The maximum atomic E-state index is 10.7. The van der Waals surface area contributed by atoms with Gasteiger partial charge in [-0.3, -0.25) is 4.79 Å². The first-order valence-electron chi connectivity index (χ1n) is 5.63. The van der Waals surface area contributed by atoms with Crippen molar-refractivity contribution in [3.63, 3.8) is 0 Å². The molecule has 0 bridgehead atoms. The minimum Gasteiger partial charge on any atom is -0.481 e. The minimum absolute atomic E-state index is 0.431. The molecule has 7 heteroatoms. The lowest BCUT2D eigenvalue weighted by atomic mass is 10.1. The van der Waals surface area contributed by atoms with E-state index in [9.17, 15) is 4.79 Å². The SMILES string of the molecule is Cc1ccoc1-c1nnnn1CCC(C)C(=O)O. The Bertz CT molecular complexity index is 546. The van der Waals surface area contributed by atoms with Crippen LogP contribution in [0.4, 0.5) is 0 Å². The summed E-state index contributed by atoms with van der Waals surface area (Å²) in [6, 6.07) is 1.83. The van der Waals surface area contributed by atoms with Gasteiger partial charge in [-0.25, -0.2) is 4.68 Å². The van der Waals surface area contributed by atoms with Crippen molar-refractivity contribution in [2.45, 2.75) is 26.8 Å². The lowest BCUT2D eigenvalue weighted by molar-refractivity contribution is -0.141. The third kappa shape index (κ3) is 2.39. The topological polar surface area (TPSA) is 94.0 Å². The number of furan rings is 1. The van der Waals surface area contributed by atoms with Gasteiger partial charge in [-0.05, 0) is 35.4 Å². The summed E-state index contributed by atoms with van der Waals surface area (Å²) < 4.78 is 6.88. The van der Waals surface area contributed by atoms with E-state index in [4.69, 9.17) is 9.52 Å². The molecule has 18 heavy (non-hydrogen) atoms. The van der Waals surface area contributed by atoms with Gasteiger partial charge in [0.25, 0.3) is 0 Å². The fourth-order valence-electron chi connectivity index (χ4n) is 1.56. The molecule has 1 atom stereocenters. The van der Waals surface area contributed by atoms with Gasteiger partial charge in [0.05, 0.1) is 12.2 Å². The first kappa shape index (κ1) is 12.3. The second kappa shape index (κ2) is 4.99. The molecule has 1 unspecified atom stereocenters. The molecule has 7 nitrogen and oxygen atoms in total. The first-order valence-corrected chi connectivity index (χ1v) is 5.63. The molecule has 0 aliphatic carbocycles. The molecule has 2 heterocycles. The minimum atomic E-state index is -0.821. The molecule has 0 aliphatic heterocycles. The number of hydrogen-bond acceptors (Lipinski definition) is 5. The summed E-state index contributed by atoms with van der Waals surface area (Å²) in [6.45, 7) is 4.00. The number of aliphatic carboxylic acids is 1. The van der Waals surface area contributed by atoms with Crippen molar-refractivity contribution in [2.24, 2.45) is 5.92 Å². The summed E-state index contributed by atoms with van der Waals surface area (Å²) in [5.41, 5.74) is 0.942. The Labute approximate surface area is 103 Å². The van der Waals surface area contributed by atoms with Gasteiger partial charge in [-0.2, -0.15) is 0 Å². The summed E-state index contributed by atoms with van der Waals surface area (Å²) >= 11 is 0. The summed E-state index contributed by atoms with van der Waals surface area (Å²) in [5.74, 6) is -0.114. The summed E-state index contributed by atoms with van der Waals surface area (Å²) in [4.78, 5) is 10.7. The molecular weight excluding hydrogens is 236 g/mol. The van der Waals surface area contributed by atoms with Gasteiger partial charge in [-0.1, -0.05) is 6.92 Å². The molecule has 0 amide bonds. The van der Waals surface area contributed by atoms with Crippen molar-refractivity contribution in [1.29, 1.82) is 0 Å². The van der Waals surface area contributed by atoms with Crippen LogP contribution in [0.1, 0.15) is 18.9 Å². The average molecular weight is 250 g/mol. The van der Waals surface area contributed by atoms with E-state index in [1.165, 1.54) is 0 Å². The second-order valence-corrected chi connectivity index (χ2v) is 4.19. The summed E-state index contributed by atoms with van der Waals surface area (Å²) in [7, 11) is 0. The fraction of sp³-hybridized carbons (Fsp3) is 0.455. The van der Waals surface area contributed by atoms with Crippen LogP contribution in [-0.4, -0.2) is 31.3 Å². The Balaban J connectivity index is 2.14. The van der Waals surface area contributed by atoms with Gasteiger partial charge in [0.1, 0.15) is 0 Å². The van der Waals surface area contributed by atoms with E-state index in [0.717, 1.165) is 5.56 Å². The zero-order chi connectivity index (χ0) is 13.1. The Morgan fingerprint density at radius 2 is 2.39 bits per heavy atom. The zero-order valence-corrected chi connectivity index (χ0v) is 10.2. The molecule has 0 saturated heterocycles. The Morgan fingerprint density at radius 3 is 3.00 bits per heavy atom. The molecule has 0 saturated carbocycles. The highest BCUT2D eigenvalue weighted by Gasteiger charge is 2.17. The van der Waals surface area contributed by atoms with E-state index in [0.29, 0.717) is 24.6 Å². The van der Waals surface area contributed by atoms with Crippen LogP contribution in [-0.2, 0) is 11.3 Å². The Hall–Kier alpha value is -2.18. The highest BCUT2D eigenvalue weighted by molar-refractivity contribution is 5.69. The molecule has 2 rings (SSSR count). The van der Waals surface area contributed by atoms with Crippen molar-refractivity contribution in [1.82, 2.24) is 20.2 Å². The number of aromatic nitrogens is 4. The number of rotatable bonds is 5. The number of aryl methyl sites for hydroxylation is 2. The third-order valence-electron chi connectivity index (χ3n) is 2.79. The highest BCUT2D eigenvalue weighted by atomic mass is 16.4. The van der Waals surface area contributed by atoms with Gasteiger partial charge in [-0.15, -0.1) is 5.10 Å². The lowest BCUT2D eigenvalue weighted by Gasteiger charge is -2.06. The monoisotopic (exact) mass is 250 g/mol. The molecule has 0 fully saturated rings. The van der Waals surface area contributed by atoms with E-state index >= 15 is 0 Å². The highest BCUT2D eigenvalue weighted by Crippen LogP contribution is 2.21. The predicted octanol–water partition coefficient (Wildman–Crippen LogP) is 1.35. The number of carbonyl (C=O) groups is 1. The van der Waals surface area contributed by atoms with E-state index in [1.54, 1.807) is 17.9 Å². The van der Waals surface area contributed by atoms with Crippen LogP contribution in [0.3, 0.4) is 0 Å². The predicted molar refractivity (Wildman–Crippen MR) is 61.7 cm³/mol. The van der Waals surface area contributed by atoms with Crippen molar-refractivity contribution in [3.8, 4) is 11.6 Å². The molecule has 0 spiro atoms. The maximum Gasteiger partial charge on any atom is 0.306 e. The van der Waals surface area contributed by atoms with Crippen LogP contribution in [0, 0.1) is 12.8 Å².